The van der Waals surface area contributed by atoms with E-state index in [2.05, 4.69) is 0 Å². The van der Waals surface area contributed by atoms with Crippen molar-refractivity contribution in [2.75, 3.05) is 0 Å². The van der Waals surface area contributed by atoms with Crippen LogP contribution in [-0.2, 0) is 10.2 Å². The molecule has 0 bridgehead atoms. The highest BCUT2D eigenvalue weighted by atomic mass is 19.1. The van der Waals surface area contributed by atoms with Crippen molar-refractivity contribution < 1.29 is 18.7 Å². The van der Waals surface area contributed by atoms with Crippen LogP contribution in [0.2, 0.25) is 0 Å². The highest BCUT2D eigenvalue weighted by Gasteiger charge is 2.47. The van der Waals surface area contributed by atoms with Gasteiger partial charge in [0.15, 0.2) is 0 Å². The fraction of sp³-hybridized carbons (Fsp3) is 0.364. The first-order valence-corrected chi connectivity index (χ1v) is 4.75. The molecule has 1 saturated carbocycles. The van der Waals surface area contributed by atoms with Crippen molar-refractivity contribution in [2.45, 2.75) is 24.7 Å². The lowest BCUT2D eigenvalue weighted by atomic mass is 9.64. The molecule has 0 radical (unpaired) electrons. The molecular weight excluding hydrogens is 202 g/mol. The van der Waals surface area contributed by atoms with Gasteiger partial charge in [-0.25, -0.2) is 8.78 Å². The minimum Gasteiger partial charge on any atom is -0.481 e. The maximum absolute atomic E-state index is 13.4. The number of aliphatic carboxylic acids is 1. The van der Waals surface area contributed by atoms with Crippen LogP contribution >= 0.6 is 0 Å². The molecule has 0 atom stereocenters. The Morgan fingerprint density at radius 2 is 2.00 bits per heavy atom. The SMILES string of the molecule is O=C(O)C1(c2ccc(F)cc2F)CCC1. The molecule has 0 aliphatic heterocycles. The molecule has 1 fully saturated rings. The fourth-order valence-electron chi connectivity index (χ4n) is 2.01. The van der Waals surface area contributed by atoms with Crippen molar-refractivity contribution in [3.63, 3.8) is 0 Å². The molecule has 0 amide bonds. The van der Waals surface area contributed by atoms with Crippen LogP contribution in [0.25, 0.3) is 0 Å². The number of hydrogen-bond acceptors (Lipinski definition) is 1. The zero-order chi connectivity index (χ0) is 11.1. The van der Waals surface area contributed by atoms with Gasteiger partial charge in [0.05, 0.1) is 5.41 Å². The molecule has 1 aliphatic carbocycles. The molecule has 0 saturated heterocycles. The van der Waals surface area contributed by atoms with Gasteiger partial charge in [-0.15, -0.1) is 0 Å². The van der Waals surface area contributed by atoms with Gasteiger partial charge in [0, 0.05) is 11.6 Å². The summed E-state index contributed by atoms with van der Waals surface area (Å²) in [7, 11) is 0. The van der Waals surface area contributed by atoms with Crippen molar-refractivity contribution in [3.8, 4) is 0 Å². The third-order valence-corrected chi connectivity index (χ3v) is 3.06. The smallest absolute Gasteiger partial charge is 0.314 e. The minimum atomic E-state index is -1.13. The summed E-state index contributed by atoms with van der Waals surface area (Å²) in [5.74, 6) is -2.48. The van der Waals surface area contributed by atoms with Gasteiger partial charge < -0.3 is 5.11 Å². The Hall–Kier alpha value is -1.45. The molecule has 4 heteroatoms. The van der Waals surface area contributed by atoms with Crippen molar-refractivity contribution in [2.24, 2.45) is 0 Å². The van der Waals surface area contributed by atoms with Gasteiger partial charge in [-0.3, -0.25) is 4.79 Å². The average Bonchev–Trinajstić information content (AvgIpc) is 2.05. The summed E-state index contributed by atoms with van der Waals surface area (Å²) < 4.78 is 26.1. The van der Waals surface area contributed by atoms with Crippen molar-refractivity contribution in [1.82, 2.24) is 0 Å². The highest BCUT2D eigenvalue weighted by molar-refractivity contribution is 5.82. The molecule has 2 nitrogen and oxygen atoms in total. The summed E-state index contributed by atoms with van der Waals surface area (Å²) in [5.41, 5.74) is -1.03. The van der Waals surface area contributed by atoms with Crippen LogP contribution < -0.4 is 0 Å². The van der Waals surface area contributed by atoms with E-state index >= 15 is 0 Å². The van der Waals surface area contributed by atoms with E-state index in [9.17, 15) is 13.6 Å². The van der Waals surface area contributed by atoms with Crippen LogP contribution in [0.15, 0.2) is 18.2 Å². The Bertz CT molecular complexity index is 411. The standard InChI is InChI=1S/C11H10F2O2/c12-7-2-3-8(9(13)6-7)11(10(14)15)4-1-5-11/h2-3,6H,1,4-5H2,(H,14,15). The Balaban J connectivity index is 2.48. The van der Waals surface area contributed by atoms with Crippen molar-refractivity contribution in [3.05, 3.63) is 35.4 Å². The molecule has 0 unspecified atom stereocenters. The largest absolute Gasteiger partial charge is 0.481 e. The van der Waals surface area contributed by atoms with E-state index in [0.717, 1.165) is 18.6 Å². The zero-order valence-corrected chi connectivity index (χ0v) is 7.96. The van der Waals surface area contributed by atoms with E-state index in [1.807, 2.05) is 0 Å². The quantitative estimate of drug-likeness (QED) is 0.817. The fourth-order valence-corrected chi connectivity index (χ4v) is 2.01. The molecule has 1 aliphatic rings. The monoisotopic (exact) mass is 212 g/mol. The van der Waals surface area contributed by atoms with Crippen LogP contribution in [0.3, 0.4) is 0 Å². The molecular formula is C11H10F2O2. The summed E-state index contributed by atoms with van der Waals surface area (Å²) in [6, 6.07) is 3.07. The third kappa shape index (κ3) is 1.40. The summed E-state index contributed by atoms with van der Waals surface area (Å²) in [5, 5.41) is 9.07. The molecule has 1 aromatic rings. The maximum Gasteiger partial charge on any atom is 0.314 e. The molecule has 2 rings (SSSR count). The number of halogens is 2. The van der Waals surface area contributed by atoms with Gasteiger partial charge in [0.25, 0.3) is 0 Å². The number of carboxylic acids is 1. The van der Waals surface area contributed by atoms with Gasteiger partial charge in [0.1, 0.15) is 11.6 Å². The first kappa shape index (κ1) is 10.1. The second-order valence-electron chi connectivity index (χ2n) is 3.86. The first-order chi connectivity index (χ1) is 7.06. The molecule has 0 spiro atoms. The van der Waals surface area contributed by atoms with Crippen LogP contribution in [0.1, 0.15) is 24.8 Å². The van der Waals surface area contributed by atoms with E-state index in [4.69, 9.17) is 5.11 Å². The topological polar surface area (TPSA) is 37.3 Å². The van der Waals surface area contributed by atoms with Crippen LogP contribution in [0.5, 0.6) is 0 Å². The lowest BCUT2D eigenvalue weighted by Crippen LogP contribution is -2.43. The number of carboxylic acid groups (broad SMARTS) is 1. The molecule has 15 heavy (non-hydrogen) atoms. The second kappa shape index (κ2) is 3.29. The summed E-state index contributed by atoms with van der Waals surface area (Å²) in [4.78, 5) is 11.1. The lowest BCUT2D eigenvalue weighted by Gasteiger charge is -2.38. The predicted octanol–water partition coefficient (Wildman–Crippen LogP) is 2.47. The average molecular weight is 212 g/mol. The highest BCUT2D eigenvalue weighted by Crippen LogP contribution is 2.44. The number of carbonyl (C=O) groups is 1. The Kier molecular flexibility index (Phi) is 2.21. The third-order valence-electron chi connectivity index (χ3n) is 3.06. The van der Waals surface area contributed by atoms with E-state index < -0.39 is 23.0 Å². The number of benzene rings is 1. The second-order valence-corrected chi connectivity index (χ2v) is 3.86. The lowest BCUT2D eigenvalue weighted by molar-refractivity contribution is -0.147. The summed E-state index contributed by atoms with van der Waals surface area (Å²) in [6.07, 6.45) is 1.61. The molecule has 0 heterocycles. The van der Waals surface area contributed by atoms with E-state index in [-0.39, 0.29) is 5.56 Å². The van der Waals surface area contributed by atoms with E-state index in [1.54, 1.807) is 0 Å². The van der Waals surface area contributed by atoms with E-state index in [1.165, 1.54) is 6.07 Å². The van der Waals surface area contributed by atoms with Gasteiger partial charge in [-0.1, -0.05) is 12.5 Å². The van der Waals surface area contributed by atoms with Gasteiger partial charge in [-0.05, 0) is 18.9 Å². The predicted molar refractivity (Wildman–Crippen MR) is 49.5 cm³/mol. The maximum atomic E-state index is 13.4. The van der Waals surface area contributed by atoms with E-state index in [0.29, 0.717) is 12.8 Å². The van der Waals surface area contributed by atoms with Crippen molar-refractivity contribution >= 4 is 5.97 Å². The number of rotatable bonds is 2. The van der Waals surface area contributed by atoms with Gasteiger partial charge in [0.2, 0.25) is 0 Å². The summed E-state index contributed by atoms with van der Waals surface area (Å²) in [6.45, 7) is 0. The molecule has 80 valence electrons. The van der Waals surface area contributed by atoms with Crippen molar-refractivity contribution in [1.29, 1.82) is 0 Å². The van der Waals surface area contributed by atoms with Crippen LogP contribution in [-0.4, -0.2) is 11.1 Å². The summed E-state index contributed by atoms with van der Waals surface area (Å²) >= 11 is 0. The number of hydrogen-bond donors (Lipinski definition) is 1. The first-order valence-electron chi connectivity index (χ1n) is 4.75. The van der Waals surface area contributed by atoms with Gasteiger partial charge >= 0.3 is 5.97 Å². The Labute approximate surface area is 85.5 Å². The van der Waals surface area contributed by atoms with Crippen LogP contribution in [0, 0.1) is 11.6 Å². The molecule has 1 N–H and O–H groups in total. The molecule has 1 aromatic carbocycles. The van der Waals surface area contributed by atoms with Crippen LogP contribution in [0.4, 0.5) is 8.78 Å². The Morgan fingerprint density at radius 3 is 2.40 bits per heavy atom. The van der Waals surface area contributed by atoms with Gasteiger partial charge in [-0.2, -0.15) is 0 Å². The molecule has 0 aromatic heterocycles. The normalized spacial score (nSPS) is 18.3. The minimum absolute atomic E-state index is 0.0997. The zero-order valence-electron chi connectivity index (χ0n) is 7.96. The Morgan fingerprint density at radius 1 is 1.33 bits per heavy atom.